The number of fused-ring (bicyclic) bond motifs is 2. The Balaban J connectivity index is 1.12. The van der Waals surface area contributed by atoms with Gasteiger partial charge in [-0.2, -0.15) is 18.4 Å². The van der Waals surface area contributed by atoms with Gasteiger partial charge in [0.25, 0.3) is 0 Å². The first-order chi connectivity index (χ1) is 22.3. The zero-order valence-electron chi connectivity index (χ0n) is 27.0. The lowest BCUT2D eigenvalue weighted by Gasteiger charge is -2.35. The van der Waals surface area contributed by atoms with Crippen LogP contribution in [-0.2, 0) is 35.6 Å². The molecule has 252 valence electrons. The fourth-order valence-electron chi connectivity index (χ4n) is 6.70. The number of nitrogens with one attached hydrogen (secondary N) is 2. The molecule has 0 spiro atoms. The quantitative estimate of drug-likeness (QED) is 0.226. The van der Waals surface area contributed by atoms with E-state index in [0.29, 0.717) is 52.9 Å². The molecule has 14 heteroatoms. The molecule has 2 atom stereocenters. The van der Waals surface area contributed by atoms with Gasteiger partial charge in [0, 0.05) is 83.3 Å². The minimum absolute atomic E-state index is 0.0888. The largest absolute Gasteiger partial charge is 0.393 e. The molecule has 0 radical (unpaired) electrons. The summed E-state index contributed by atoms with van der Waals surface area (Å²) in [5, 5.41) is 15.3. The molecule has 6 rings (SSSR count). The molecule has 0 amide bonds. The number of aromatic nitrogens is 3. The first-order valence-electron chi connectivity index (χ1n) is 16.0. The molecule has 0 aliphatic carbocycles. The molecule has 3 aromatic heterocycles. The monoisotopic (exact) mass is 686 g/mol. The molecule has 2 aliphatic heterocycles. The van der Waals surface area contributed by atoms with E-state index in [-0.39, 0.29) is 17.0 Å². The number of likely N-dealkylation sites (tertiary alicyclic amines) is 1. The maximum Gasteiger partial charge on any atom is 0.393 e. The Hall–Kier alpha value is -3.22. The molecule has 0 bridgehead atoms. The van der Waals surface area contributed by atoms with Gasteiger partial charge in [0.2, 0.25) is 0 Å². The van der Waals surface area contributed by atoms with Crippen LogP contribution in [0.1, 0.15) is 54.2 Å². The van der Waals surface area contributed by atoms with Gasteiger partial charge < -0.3 is 9.88 Å². The van der Waals surface area contributed by atoms with Crippen molar-refractivity contribution in [1.29, 1.82) is 5.26 Å². The number of anilines is 1. The lowest BCUT2D eigenvalue weighted by molar-refractivity contribution is -0.126. The van der Waals surface area contributed by atoms with Crippen LogP contribution in [0.4, 0.5) is 19.0 Å². The first kappa shape index (κ1) is 33.7. The number of thiophene rings is 1. The highest BCUT2D eigenvalue weighted by Gasteiger charge is 2.30. The third-order valence-corrected chi connectivity index (χ3v) is 11.8. The number of benzene rings is 1. The Morgan fingerprint density at radius 2 is 1.98 bits per heavy atom. The van der Waals surface area contributed by atoms with Gasteiger partial charge in [0.15, 0.2) is 0 Å². The van der Waals surface area contributed by atoms with E-state index in [9.17, 15) is 22.6 Å². The van der Waals surface area contributed by atoms with Gasteiger partial charge in [0.1, 0.15) is 28.2 Å². The average molecular weight is 687 g/mol. The van der Waals surface area contributed by atoms with Gasteiger partial charge in [-0.25, -0.2) is 14.7 Å². The summed E-state index contributed by atoms with van der Waals surface area (Å²) in [5.41, 5.74) is 4.03. The molecule has 5 heterocycles. The molecule has 4 aromatic rings. The first-order valence-corrected chi connectivity index (χ1v) is 18.7. The summed E-state index contributed by atoms with van der Waals surface area (Å²) in [7, 11) is -2.32. The second-order valence-electron chi connectivity index (χ2n) is 12.8. The Morgan fingerprint density at radius 1 is 1.21 bits per heavy atom. The van der Waals surface area contributed by atoms with E-state index < -0.39 is 22.3 Å². The number of hydrogen-bond acceptors (Lipinski definition) is 8. The summed E-state index contributed by atoms with van der Waals surface area (Å²) in [4.78, 5) is 14.6. The standard InChI is InChI=1S/C33H41F3N8OS2/c1-5-30-40-31(28-15-26(16-33(34,35)36)46-32(28)41-30)39-24-8-11-42(12-9-24)19-23-6-7-29-27(22(23)3)14-25(17-37)44(29)18-21(2)43-13-10-38-47(4,45)20-43/h6-7,14-15,21,24H,4-5,8-13,16,18-20H2,1-3H3,(H,38,45)(H,39,40,41)/t21-,47?/m0/s1. The highest BCUT2D eigenvalue weighted by Crippen LogP contribution is 2.34. The number of rotatable bonds is 9. The maximum absolute atomic E-state index is 13.1. The van der Waals surface area contributed by atoms with Gasteiger partial charge in [-0.15, -0.1) is 11.3 Å². The van der Waals surface area contributed by atoms with Crippen LogP contribution in [0.15, 0.2) is 24.3 Å². The van der Waals surface area contributed by atoms with Crippen molar-refractivity contribution in [3.8, 4) is 6.07 Å². The summed E-state index contributed by atoms with van der Waals surface area (Å²) >= 11 is 1.09. The number of hydrogen-bond donors (Lipinski definition) is 2. The number of aryl methyl sites for hydroxylation is 2. The smallest absolute Gasteiger partial charge is 0.367 e. The lowest BCUT2D eigenvalue weighted by atomic mass is 10.0. The fraction of sp³-hybridized carbons (Fsp3) is 0.515. The van der Waals surface area contributed by atoms with Gasteiger partial charge >= 0.3 is 6.18 Å². The zero-order valence-corrected chi connectivity index (χ0v) is 28.6. The number of nitrogens with zero attached hydrogens (tertiary/aromatic N) is 6. The van der Waals surface area contributed by atoms with Gasteiger partial charge in [-0.1, -0.05) is 13.0 Å². The van der Waals surface area contributed by atoms with Crippen LogP contribution in [0, 0.1) is 18.3 Å². The molecule has 47 heavy (non-hydrogen) atoms. The second-order valence-corrected chi connectivity index (χ2v) is 16.1. The topological polar surface area (TPSA) is 102 Å². The molecule has 9 nitrogen and oxygen atoms in total. The number of nitriles is 1. The molecule has 2 fully saturated rings. The van der Waals surface area contributed by atoms with Crippen LogP contribution in [0.5, 0.6) is 0 Å². The predicted octanol–water partition coefficient (Wildman–Crippen LogP) is 5.45. The van der Waals surface area contributed by atoms with E-state index in [1.165, 1.54) is 5.56 Å². The summed E-state index contributed by atoms with van der Waals surface area (Å²) in [5.74, 6) is 5.48. The van der Waals surface area contributed by atoms with E-state index in [1.807, 2.05) is 13.0 Å². The minimum Gasteiger partial charge on any atom is -0.367 e. The highest BCUT2D eigenvalue weighted by molar-refractivity contribution is 7.98. The summed E-state index contributed by atoms with van der Waals surface area (Å²) in [6.45, 7) is 10.7. The fourth-order valence-corrected chi connectivity index (χ4v) is 9.25. The van der Waals surface area contributed by atoms with Crippen LogP contribution < -0.4 is 10.0 Å². The van der Waals surface area contributed by atoms with E-state index in [0.717, 1.165) is 66.8 Å². The molecule has 0 saturated carbocycles. The van der Waals surface area contributed by atoms with Gasteiger partial charge in [-0.3, -0.25) is 14.0 Å². The normalized spacial score (nSPS) is 21.0. The zero-order chi connectivity index (χ0) is 33.5. The van der Waals surface area contributed by atoms with Crippen LogP contribution in [0.3, 0.4) is 0 Å². The molecule has 2 aliphatic rings. The second kappa shape index (κ2) is 13.4. The van der Waals surface area contributed by atoms with Crippen molar-refractivity contribution in [2.75, 3.05) is 37.4 Å². The van der Waals surface area contributed by atoms with Crippen molar-refractivity contribution in [2.24, 2.45) is 0 Å². The third-order valence-electron chi connectivity index (χ3n) is 9.29. The summed E-state index contributed by atoms with van der Waals surface area (Å²) in [6, 6.07) is 10.5. The molecule has 2 N–H and O–H groups in total. The predicted molar refractivity (Wildman–Crippen MR) is 184 cm³/mol. The van der Waals surface area contributed by atoms with Crippen molar-refractivity contribution < 1.29 is 17.4 Å². The maximum atomic E-state index is 13.1. The van der Waals surface area contributed by atoms with Crippen molar-refractivity contribution >= 4 is 53.9 Å². The summed E-state index contributed by atoms with van der Waals surface area (Å²) in [6.07, 6.45) is -2.86. The SMILES string of the molecule is C=S1(=O)CN([C@@H](C)Cn2c(C#N)cc3c(C)c(CN4CCC(Nc5nc(CC)nc6sc(CC(F)(F)F)cc56)CC4)ccc32)CCN1. The molecule has 2 saturated heterocycles. The van der Waals surface area contributed by atoms with Crippen molar-refractivity contribution in [1.82, 2.24) is 29.1 Å². The molecular formula is C33H41F3N8OS2. The minimum atomic E-state index is -4.27. The Morgan fingerprint density at radius 3 is 2.66 bits per heavy atom. The van der Waals surface area contributed by atoms with Crippen molar-refractivity contribution in [3.63, 3.8) is 0 Å². The van der Waals surface area contributed by atoms with Crippen LogP contribution in [0.2, 0.25) is 0 Å². The Bertz CT molecular complexity index is 1920. The van der Waals surface area contributed by atoms with Gasteiger partial charge in [0.05, 0.1) is 17.7 Å². The highest BCUT2D eigenvalue weighted by atomic mass is 32.2. The lowest BCUT2D eigenvalue weighted by Crippen LogP contribution is -2.51. The van der Waals surface area contributed by atoms with Crippen LogP contribution in [0.25, 0.3) is 21.1 Å². The Kier molecular flexibility index (Phi) is 9.57. The molecule has 1 unspecified atom stereocenters. The number of piperidine rings is 1. The summed E-state index contributed by atoms with van der Waals surface area (Å²) < 4.78 is 56.8. The van der Waals surface area contributed by atoms with E-state index in [4.69, 9.17) is 0 Å². The Labute approximate surface area is 277 Å². The molecule has 1 aromatic carbocycles. The average Bonchev–Trinajstić information content (AvgIpc) is 3.58. The van der Waals surface area contributed by atoms with Gasteiger partial charge in [-0.05, 0) is 61.9 Å². The number of halogens is 3. The molecular weight excluding hydrogens is 646 g/mol. The van der Waals surface area contributed by atoms with Crippen molar-refractivity contribution in [3.05, 3.63) is 51.8 Å². The third kappa shape index (κ3) is 7.60. The van der Waals surface area contributed by atoms with Crippen LogP contribution >= 0.6 is 11.3 Å². The van der Waals surface area contributed by atoms with E-state index >= 15 is 0 Å². The van der Waals surface area contributed by atoms with Crippen LogP contribution in [-0.4, -0.2) is 84.7 Å². The number of alkyl halides is 3. The van der Waals surface area contributed by atoms with Crippen molar-refractivity contribution in [2.45, 2.75) is 77.8 Å². The van der Waals surface area contributed by atoms with E-state index in [2.05, 4.69) is 72.3 Å². The van der Waals surface area contributed by atoms with E-state index in [1.54, 1.807) is 6.07 Å².